The van der Waals surface area contributed by atoms with Crippen molar-refractivity contribution < 1.29 is 22.3 Å². The first kappa shape index (κ1) is 17.0. The van der Waals surface area contributed by atoms with Crippen molar-refractivity contribution in [3.05, 3.63) is 29.6 Å². The number of hydrogen-bond donors (Lipinski definition) is 1. The van der Waals surface area contributed by atoms with E-state index in [1.165, 1.54) is 0 Å². The fraction of sp³-hybridized carbons (Fsp3) is 0.538. The molecule has 1 fully saturated rings. The van der Waals surface area contributed by atoms with Gasteiger partial charge in [0.2, 0.25) is 0 Å². The summed E-state index contributed by atoms with van der Waals surface area (Å²) in [5.41, 5.74) is 6.05. The van der Waals surface area contributed by atoms with E-state index in [0.717, 1.165) is 43.9 Å². The fourth-order valence-electron chi connectivity index (χ4n) is 2.54. The van der Waals surface area contributed by atoms with Crippen LogP contribution in [0.4, 0.5) is 17.6 Å². The molecule has 1 saturated carbocycles. The van der Waals surface area contributed by atoms with Crippen molar-refractivity contribution >= 4 is 12.4 Å². The second-order valence-electron chi connectivity index (χ2n) is 4.80. The van der Waals surface area contributed by atoms with E-state index < -0.39 is 24.0 Å². The first-order chi connectivity index (χ1) is 8.87. The summed E-state index contributed by atoms with van der Waals surface area (Å²) in [6.45, 7) is 0. The standard InChI is InChI=1S/C13H15F4NO.ClH/c14-11-6-5-9(19-13(15,16)17)7-10(11)12(18)8-3-1-2-4-8;/h5-8,12H,1-4,18H2;1H/t12-;/m1./s1. The molecule has 2 rings (SSSR count). The van der Waals surface area contributed by atoms with Crippen LogP contribution in [-0.4, -0.2) is 6.36 Å². The monoisotopic (exact) mass is 313 g/mol. The molecule has 114 valence electrons. The Labute approximate surface area is 120 Å². The van der Waals surface area contributed by atoms with E-state index in [4.69, 9.17) is 5.73 Å². The molecule has 1 aromatic carbocycles. The topological polar surface area (TPSA) is 35.2 Å². The smallest absolute Gasteiger partial charge is 0.406 e. The normalized spacial score (nSPS) is 17.6. The maximum atomic E-state index is 13.7. The van der Waals surface area contributed by atoms with Crippen LogP contribution in [0.15, 0.2) is 18.2 Å². The van der Waals surface area contributed by atoms with E-state index in [1.54, 1.807) is 0 Å². The molecule has 1 aromatic rings. The van der Waals surface area contributed by atoms with Crippen LogP contribution >= 0.6 is 12.4 Å². The average molecular weight is 314 g/mol. The van der Waals surface area contributed by atoms with E-state index in [1.807, 2.05) is 0 Å². The molecular formula is C13H16ClF4NO. The summed E-state index contributed by atoms with van der Waals surface area (Å²) in [6.07, 6.45) is -0.972. The first-order valence-corrected chi connectivity index (χ1v) is 6.17. The Morgan fingerprint density at radius 3 is 2.35 bits per heavy atom. The lowest BCUT2D eigenvalue weighted by Crippen LogP contribution is -2.21. The van der Waals surface area contributed by atoms with Crippen LogP contribution in [0.2, 0.25) is 0 Å². The van der Waals surface area contributed by atoms with Crippen molar-refractivity contribution in [2.75, 3.05) is 0 Å². The Morgan fingerprint density at radius 1 is 1.20 bits per heavy atom. The van der Waals surface area contributed by atoms with Crippen molar-refractivity contribution in [1.29, 1.82) is 0 Å². The van der Waals surface area contributed by atoms with Gasteiger partial charge in [0.25, 0.3) is 0 Å². The molecule has 0 bridgehead atoms. The molecule has 2 nitrogen and oxygen atoms in total. The largest absolute Gasteiger partial charge is 0.573 e. The van der Waals surface area contributed by atoms with Crippen LogP contribution in [0.3, 0.4) is 0 Å². The number of benzene rings is 1. The quantitative estimate of drug-likeness (QED) is 0.843. The minimum atomic E-state index is -4.79. The van der Waals surface area contributed by atoms with Gasteiger partial charge in [-0.15, -0.1) is 25.6 Å². The molecule has 20 heavy (non-hydrogen) atoms. The lowest BCUT2D eigenvalue weighted by molar-refractivity contribution is -0.274. The highest BCUT2D eigenvalue weighted by Gasteiger charge is 2.32. The van der Waals surface area contributed by atoms with Gasteiger partial charge in [0.1, 0.15) is 11.6 Å². The number of halogens is 5. The lowest BCUT2D eigenvalue weighted by atomic mass is 9.92. The second-order valence-corrected chi connectivity index (χ2v) is 4.80. The first-order valence-electron chi connectivity index (χ1n) is 6.17. The van der Waals surface area contributed by atoms with Gasteiger partial charge in [-0.05, 0) is 37.0 Å². The molecule has 0 saturated heterocycles. The van der Waals surface area contributed by atoms with E-state index in [9.17, 15) is 17.6 Å². The summed E-state index contributed by atoms with van der Waals surface area (Å²) in [5, 5.41) is 0. The van der Waals surface area contributed by atoms with Gasteiger partial charge in [0.05, 0.1) is 0 Å². The molecule has 1 atom stereocenters. The molecule has 0 unspecified atom stereocenters. The van der Waals surface area contributed by atoms with Crippen molar-refractivity contribution in [3.8, 4) is 5.75 Å². The minimum absolute atomic E-state index is 0. The van der Waals surface area contributed by atoms with Crippen molar-refractivity contribution in [2.24, 2.45) is 11.7 Å². The van der Waals surface area contributed by atoms with Crippen LogP contribution in [0, 0.1) is 11.7 Å². The number of ether oxygens (including phenoxy) is 1. The molecular weight excluding hydrogens is 298 g/mol. The Balaban J connectivity index is 0.00000200. The van der Waals surface area contributed by atoms with Gasteiger partial charge in [-0.1, -0.05) is 12.8 Å². The van der Waals surface area contributed by atoms with Gasteiger partial charge >= 0.3 is 6.36 Å². The molecule has 7 heteroatoms. The third kappa shape index (κ3) is 4.24. The summed E-state index contributed by atoms with van der Waals surface area (Å²) < 4.78 is 53.9. The van der Waals surface area contributed by atoms with Crippen LogP contribution in [0.1, 0.15) is 37.3 Å². The van der Waals surface area contributed by atoms with Crippen LogP contribution in [0.25, 0.3) is 0 Å². The van der Waals surface area contributed by atoms with Gasteiger partial charge < -0.3 is 10.5 Å². The zero-order chi connectivity index (χ0) is 14.0. The van der Waals surface area contributed by atoms with Crippen LogP contribution in [-0.2, 0) is 0 Å². The summed E-state index contributed by atoms with van der Waals surface area (Å²) >= 11 is 0. The maximum Gasteiger partial charge on any atom is 0.573 e. The van der Waals surface area contributed by atoms with Crippen molar-refractivity contribution in [1.82, 2.24) is 0 Å². The summed E-state index contributed by atoms with van der Waals surface area (Å²) in [6, 6.07) is 2.38. The van der Waals surface area contributed by atoms with E-state index >= 15 is 0 Å². The highest BCUT2D eigenvalue weighted by atomic mass is 35.5. The van der Waals surface area contributed by atoms with E-state index in [-0.39, 0.29) is 23.9 Å². The maximum absolute atomic E-state index is 13.7. The lowest BCUT2D eigenvalue weighted by Gasteiger charge is -2.20. The average Bonchev–Trinajstić information content (AvgIpc) is 2.82. The molecule has 0 radical (unpaired) electrons. The molecule has 0 spiro atoms. The zero-order valence-corrected chi connectivity index (χ0v) is 11.4. The molecule has 2 N–H and O–H groups in total. The number of nitrogens with two attached hydrogens (primary N) is 1. The van der Waals surface area contributed by atoms with Gasteiger partial charge in [-0.3, -0.25) is 0 Å². The minimum Gasteiger partial charge on any atom is -0.406 e. The highest BCUT2D eigenvalue weighted by Crippen LogP contribution is 2.36. The molecule has 0 aliphatic heterocycles. The van der Waals surface area contributed by atoms with Crippen LogP contribution < -0.4 is 10.5 Å². The molecule has 1 aliphatic carbocycles. The summed E-state index contributed by atoms with van der Waals surface area (Å²) in [7, 11) is 0. The Morgan fingerprint density at radius 2 is 1.80 bits per heavy atom. The van der Waals surface area contributed by atoms with Crippen molar-refractivity contribution in [2.45, 2.75) is 38.1 Å². The van der Waals surface area contributed by atoms with Gasteiger partial charge in [0.15, 0.2) is 0 Å². The summed E-state index contributed by atoms with van der Waals surface area (Å²) in [4.78, 5) is 0. The van der Waals surface area contributed by atoms with E-state index in [0.29, 0.717) is 0 Å². The number of rotatable bonds is 3. The SMILES string of the molecule is Cl.N[C@@H](c1cc(OC(F)(F)F)ccc1F)C1CCCC1. The number of hydrogen-bond acceptors (Lipinski definition) is 2. The molecule has 0 aromatic heterocycles. The molecule has 1 aliphatic rings. The van der Waals surface area contributed by atoms with E-state index in [2.05, 4.69) is 4.74 Å². The Bertz CT molecular complexity index is 446. The predicted octanol–water partition coefficient (Wildman–Crippen LogP) is 4.34. The van der Waals surface area contributed by atoms with Gasteiger partial charge in [-0.2, -0.15) is 0 Å². The predicted molar refractivity (Wildman–Crippen MR) is 69.2 cm³/mol. The van der Waals surface area contributed by atoms with Crippen molar-refractivity contribution in [3.63, 3.8) is 0 Å². The fourth-order valence-corrected chi connectivity index (χ4v) is 2.54. The third-order valence-corrected chi connectivity index (χ3v) is 3.47. The third-order valence-electron chi connectivity index (χ3n) is 3.47. The highest BCUT2D eigenvalue weighted by molar-refractivity contribution is 5.85. The number of alkyl halides is 3. The Kier molecular flexibility index (Phi) is 5.65. The Hall–Kier alpha value is -1.01. The zero-order valence-electron chi connectivity index (χ0n) is 10.6. The van der Waals surface area contributed by atoms with Crippen LogP contribution in [0.5, 0.6) is 5.75 Å². The molecule has 0 heterocycles. The second kappa shape index (κ2) is 6.63. The van der Waals surface area contributed by atoms with Gasteiger partial charge in [0, 0.05) is 11.6 Å². The summed E-state index contributed by atoms with van der Waals surface area (Å²) in [5.74, 6) is -0.901. The molecule has 0 amide bonds. The van der Waals surface area contributed by atoms with Gasteiger partial charge in [-0.25, -0.2) is 4.39 Å².